The number of ether oxygens (including phenoxy) is 2. The normalized spacial score (nSPS) is 19.6. The maximum atomic E-state index is 11.6. The average molecular weight is 286 g/mol. The molecule has 0 aromatic rings. The number of aliphatic carboxylic acids is 1. The molecule has 0 radical (unpaired) electrons. The lowest BCUT2D eigenvalue weighted by Crippen LogP contribution is -2.47. The van der Waals surface area contributed by atoms with Crippen LogP contribution in [-0.2, 0) is 23.9 Å². The third-order valence-electron chi connectivity index (χ3n) is 3.18. The molecule has 0 atom stereocenters. The number of carboxylic acid groups (broad SMARTS) is 1. The van der Waals surface area contributed by atoms with Crippen molar-refractivity contribution in [2.45, 2.75) is 64.6 Å². The largest absolute Gasteiger partial charge is 0.475 e. The summed E-state index contributed by atoms with van der Waals surface area (Å²) in [7, 11) is 0. The van der Waals surface area contributed by atoms with E-state index in [0.29, 0.717) is 25.2 Å². The number of carbonyl (C=O) groups excluding carboxylic acids is 2. The van der Waals surface area contributed by atoms with Crippen LogP contribution in [0.5, 0.6) is 0 Å². The molecule has 114 valence electrons. The van der Waals surface area contributed by atoms with Crippen molar-refractivity contribution in [1.29, 1.82) is 0 Å². The van der Waals surface area contributed by atoms with Gasteiger partial charge >= 0.3 is 23.7 Å². The molecule has 0 amide bonds. The van der Waals surface area contributed by atoms with Crippen molar-refractivity contribution >= 4 is 17.9 Å². The highest BCUT2D eigenvalue weighted by Crippen LogP contribution is 2.26. The summed E-state index contributed by atoms with van der Waals surface area (Å²) < 4.78 is 9.98. The predicted molar refractivity (Wildman–Crippen MR) is 69.7 cm³/mol. The van der Waals surface area contributed by atoms with Gasteiger partial charge in [-0.1, -0.05) is 20.3 Å². The highest BCUT2D eigenvalue weighted by Gasteiger charge is 2.47. The first kappa shape index (κ1) is 16.5. The highest BCUT2D eigenvalue weighted by molar-refractivity contribution is 5.84. The molecule has 6 nitrogen and oxygen atoms in total. The minimum absolute atomic E-state index is 0.0159. The van der Waals surface area contributed by atoms with Gasteiger partial charge in [0, 0.05) is 19.3 Å². The summed E-state index contributed by atoms with van der Waals surface area (Å²) in [6, 6.07) is 0. The van der Waals surface area contributed by atoms with Crippen LogP contribution in [0.15, 0.2) is 0 Å². The molecule has 1 aliphatic heterocycles. The van der Waals surface area contributed by atoms with Crippen LogP contribution in [0.25, 0.3) is 0 Å². The highest BCUT2D eigenvalue weighted by atomic mass is 16.7. The maximum Gasteiger partial charge on any atom is 0.390 e. The molecule has 0 bridgehead atoms. The number of rotatable bonds is 5. The molecule has 0 spiro atoms. The van der Waals surface area contributed by atoms with E-state index in [0.717, 1.165) is 6.42 Å². The zero-order valence-corrected chi connectivity index (χ0v) is 12.0. The molecule has 20 heavy (non-hydrogen) atoms. The second-order valence-electron chi connectivity index (χ2n) is 5.50. The van der Waals surface area contributed by atoms with E-state index in [2.05, 4.69) is 0 Å². The zero-order valence-electron chi connectivity index (χ0n) is 12.0. The lowest BCUT2D eigenvalue weighted by Gasteiger charge is -2.28. The number of esters is 2. The molecule has 0 aliphatic carbocycles. The maximum absolute atomic E-state index is 11.6. The smallest absolute Gasteiger partial charge is 0.390 e. The molecule has 0 unspecified atom stereocenters. The van der Waals surface area contributed by atoms with Gasteiger partial charge in [-0.3, -0.25) is 9.59 Å². The number of hydrogen-bond donors (Lipinski definition) is 1. The second kappa shape index (κ2) is 7.26. The van der Waals surface area contributed by atoms with E-state index in [1.54, 1.807) is 0 Å². The average Bonchev–Trinajstić information content (AvgIpc) is 2.39. The summed E-state index contributed by atoms with van der Waals surface area (Å²) >= 11 is 0. The number of carboxylic acids is 1. The fraction of sp³-hybridized carbons (Fsp3) is 0.786. The summed E-state index contributed by atoms with van der Waals surface area (Å²) in [6.07, 6.45) is 2.46. The Morgan fingerprint density at radius 3 is 2.10 bits per heavy atom. The summed E-state index contributed by atoms with van der Waals surface area (Å²) in [5.74, 6) is -4.46. The first-order valence-electron chi connectivity index (χ1n) is 7.03. The van der Waals surface area contributed by atoms with E-state index in [9.17, 15) is 19.5 Å². The van der Waals surface area contributed by atoms with E-state index in [1.165, 1.54) is 0 Å². The first-order valence-corrected chi connectivity index (χ1v) is 7.03. The van der Waals surface area contributed by atoms with Crippen LogP contribution in [0.2, 0.25) is 0 Å². The second-order valence-corrected chi connectivity index (χ2v) is 5.50. The molecule has 1 heterocycles. The van der Waals surface area contributed by atoms with Crippen LogP contribution in [0.1, 0.15) is 58.8 Å². The van der Waals surface area contributed by atoms with Crippen LogP contribution in [0.4, 0.5) is 0 Å². The Balaban J connectivity index is 2.87. The third kappa shape index (κ3) is 4.83. The van der Waals surface area contributed by atoms with Gasteiger partial charge in [-0.05, 0) is 25.2 Å². The van der Waals surface area contributed by atoms with Crippen molar-refractivity contribution in [1.82, 2.24) is 0 Å². The molecular weight excluding hydrogens is 264 g/mol. The summed E-state index contributed by atoms with van der Waals surface area (Å²) in [6.45, 7) is 4.02. The van der Waals surface area contributed by atoms with Crippen LogP contribution >= 0.6 is 0 Å². The van der Waals surface area contributed by atoms with Crippen molar-refractivity contribution in [3.8, 4) is 0 Å². The molecule has 1 aliphatic rings. The van der Waals surface area contributed by atoms with Crippen molar-refractivity contribution in [3.63, 3.8) is 0 Å². The van der Waals surface area contributed by atoms with Gasteiger partial charge in [0.05, 0.1) is 0 Å². The lowest BCUT2D eigenvalue weighted by atomic mass is 10.0. The summed E-state index contributed by atoms with van der Waals surface area (Å²) in [5, 5.41) is 9.34. The lowest BCUT2D eigenvalue weighted by molar-refractivity contribution is -0.238. The van der Waals surface area contributed by atoms with E-state index in [-0.39, 0.29) is 19.3 Å². The molecule has 0 aromatic carbocycles. The summed E-state index contributed by atoms with van der Waals surface area (Å²) in [5.41, 5.74) is 0. The van der Waals surface area contributed by atoms with Gasteiger partial charge in [0.25, 0.3) is 0 Å². The van der Waals surface area contributed by atoms with E-state index in [4.69, 9.17) is 9.47 Å². The van der Waals surface area contributed by atoms with Gasteiger partial charge in [0.1, 0.15) is 0 Å². The number of cyclic esters (lactones) is 2. The Morgan fingerprint density at radius 2 is 1.70 bits per heavy atom. The standard InChI is InChI=1S/C14H22O6/c1-10(2)6-5-9-14(13(17)18)19-11(15)7-3-4-8-12(16)20-14/h10H,3-9H2,1-2H3,(H,17,18). The van der Waals surface area contributed by atoms with Gasteiger partial charge in [-0.2, -0.15) is 0 Å². The van der Waals surface area contributed by atoms with Crippen LogP contribution in [0.3, 0.4) is 0 Å². The minimum atomic E-state index is -2.16. The van der Waals surface area contributed by atoms with Crippen molar-refractivity contribution in [3.05, 3.63) is 0 Å². The Morgan fingerprint density at radius 1 is 1.20 bits per heavy atom. The van der Waals surface area contributed by atoms with Crippen molar-refractivity contribution in [2.24, 2.45) is 5.92 Å². The quantitative estimate of drug-likeness (QED) is 0.780. The zero-order chi connectivity index (χ0) is 15.2. The molecule has 1 rings (SSSR count). The molecule has 0 aromatic heterocycles. The number of carbonyl (C=O) groups is 3. The molecule has 0 saturated carbocycles. The Hall–Kier alpha value is -1.59. The van der Waals surface area contributed by atoms with Gasteiger partial charge in [-0.25, -0.2) is 4.79 Å². The van der Waals surface area contributed by atoms with Gasteiger partial charge in [0.15, 0.2) is 0 Å². The predicted octanol–water partition coefficient (Wildman–Crippen LogP) is 2.25. The van der Waals surface area contributed by atoms with Crippen LogP contribution < -0.4 is 0 Å². The fourth-order valence-corrected chi connectivity index (χ4v) is 2.07. The fourth-order valence-electron chi connectivity index (χ4n) is 2.07. The van der Waals surface area contributed by atoms with E-state index >= 15 is 0 Å². The van der Waals surface area contributed by atoms with Crippen LogP contribution in [-0.4, -0.2) is 28.8 Å². The SMILES string of the molecule is CC(C)CCCC1(C(=O)O)OC(=O)CCCCC(=O)O1. The van der Waals surface area contributed by atoms with Crippen molar-refractivity contribution < 1.29 is 29.0 Å². The Bertz CT molecular complexity index is 354. The monoisotopic (exact) mass is 286 g/mol. The molecule has 1 N–H and O–H groups in total. The summed E-state index contributed by atoms with van der Waals surface area (Å²) in [4.78, 5) is 34.7. The van der Waals surface area contributed by atoms with E-state index < -0.39 is 23.7 Å². The Kier molecular flexibility index (Phi) is 5.98. The molecule has 1 saturated heterocycles. The topological polar surface area (TPSA) is 89.9 Å². The minimum Gasteiger partial charge on any atom is -0.475 e. The molecular formula is C14H22O6. The van der Waals surface area contributed by atoms with Crippen LogP contribution in [0, 0.1) is 5.92 Å². The van der Waals surface area contributed by atoms with Crippen molar-refractivity contribution in [2.75, 3.05) is 0 Å². The molecule has 1 fully saturated rings. The van der Waals surface area contributed by atoms with Gasteiger partial charge in [-0.15, -0.1) is 0 Å². The van der Waals surface area contributed by atoms with Gasteiger partial charge < -0.3 is 14.6 Å². The van der Waals surface area contributed by atoms with Gasteiger partial charge in [0.2, 0.25) is 0 Å². The molecule has 6 heteroatoms. The Labute approximate surface area is 118 Å². The third-order valence-corrected chi connectivity index (χ3v) is 3.18. The van der Waals surface area contributed by atoms with E-state index in [1.807, 2.05) is 13.8 Å². The first-order chi connectivity index (χ1) is 9.35. The number of hydrogen-bond acceptors (Lipinski definition) is 5.